The molecule has 0 radical (unpaired) electrons. The predicted octanol–water partition coefficient (Wildman–Crippen LogP) is 4.36. The predicted molar refractivity (Wildman–Crippen MR) is 112 cm³/mol. The van der Waals surface area contributed by atoms with Gasteiger partial charge >= 0.3 is 5.97 Å². The molecule has 0 saturated heterocycles. The fourth-order valence-corrected chi connectivity index (χ4v) is 3.20. The number of ether oxygens (including phenoxy) is 1. The Kier molecular flexibility index (Phi) is 5.03. The zero-order chi connectivity index (χ0) is 20.2. The van der Waals surface area contributed by atoms with E-state index in [2.05, 4.69) is 10.3 Å². The summed E-state index contributed by atoms with van der Waals surface area (Å²) in [7, 11) is 1.33. The molecule has 0 atom stereocenters. The Bertz CT molecular complexity index is 1190. The standard InChI is InChI=1S/C24H18N2O3/c1-29-24(28)17-11-13-18(14-12-17)25-23(27)20-15-22(16-7-3-2-4-8-16)26-21-10-6-5-9-19(20)21/h2-15H,1H3,(H,25,27)/p+1. The van der Waals surface area contributed by atoms with Gasteiger partial charge in [0.25, 0.3) is 5.91 Å². The highest BCUT2D eigenvalue weighted by Gasteiger charge is 2.18. The van der Waals surface area contributed by atoms with Gasteiger partial charge < -0.3 is 10.1 Å². The fraction of sp³-hybridized carbons (Fsp3) is 0.0417. The molecular weight excluding hydrogens is 364 g/mol. The number of benzene rings is 3. The summed E-state index contributed by atoms with van der Waals surface area (Å²) in [5.74, 6) is -0.641. The van der Waals surface area contributed by atoms with E-state index < -0.39 is 5.97 Å². The zero-order valence-corrected chi connectivity index (χ0v) is 15.8. The number of fused-ring (bicyclic) bond motifs is 1. The zero-order valence-electron chi connectivity index (χ0n) is 15.8. The third kappa shape index (κ3) is 3.84. The quantitative estimate of drug-likeness (QED) is 0.532. The lowest BCUT2D eigenvalue weighted by molar-refractivity contribution is -0.331. The average molecular weight is 383 g/mol. The fourth-order valence-electron chi connectivity index (χ4n) is 3.20. The molecule has 0 saturated carbocycles. The first-order chi connectivity index (χ1) is 14.2. The summed E-state index contributed by atoms with van der Waals surface area (Å²) in [6.07, 6.45) is 0. The number of amides is 1. The Morgan fingerprint density at radius 3 is 2.28 bits per heavy atom. The van der Waals surface area contributed by atoms with Crippen LogP contribution in [0.15, 0.2) is 84.9 Å². The Balaban J connectivity index is 1.70. The number of nitrogens with one attached hydrogen (secondary N) is 2. The molecule has 0 aliphatic heterocycles. The largest absolute Gasteiger partial charge is 0.465 e. The molecule has 0 fully saturated rings. The van der Waals surface area contributed by atoms with Gasteiger partial charge in [-0.3, -0.25) is 4.79 Å². The Hall–Kier alpha value is -3.99. The van der Waals surface area contributed by atoms with Crippen LogP contribution >= 0.6 is 0 Å². The van der Waals surface area contributed by atoms with E-state index in [0.717, 1.165) is 22.2 Å². The van der Waals surface area contributed by atoms with Crippen molar-refractivity contribution >= 4 is 28.5 Å². The number of aromatic amines is 1. The second-order valence-corrected chi connectivity index (χ2v) is 6.53. The third-order valence-corrected chi connectivity index (χ3v) is 4.67. The summed E-state index contributed by atoms with van der Waals surface area (Å²) >= 11 is 0. The van der Waals surface area contributed by atoms with E-state index in [1.54, 1.807) is 24.3 Å². The van der Waals surface area contributed by atoms with Crippen LogP contribution in [0.5, 0.6) is 0 Å². The van der Waals surface area contributed by atoms with Crippen LogP contribution in [0.3, 0.4) is 0 Å². The molecule has 142 valence electrons. The summed E-state index contributed by atoms with van der Waals surface area (Å²) in [4.78, 5) is 28.0. The van der Waals surface area contributed by atoms with Crippen molar-refractivity contribution in [3.8, 4) is 11.3 Å². The van der Waals surface area contributed by atoms with Crippen LogP contribution in [-0.4, -0.2) is 19.0 Å². The molecular formula is C24H19N2O3+. The summed E-state index contributed by atoms with van der Waals surface area (Å²) in [5.41, 5.74) is 4.32. The van der Waals surface area contributed by atoms with Crippen LogP contribution in [0.25, 0.3) is 22.2 Å². The minimum absolute atomic E-state index is 0.224. The first kappa shape index (κ1) is 18.4. The normalized spacial score (nSPS) is 10.5. The lowest BCUT2D eigenvalue weighted by Gasteiger charge is -2.08. The van der Waals surface area contributed by atoms with Crippen molar-refractivity contribution in [1.82, 2.24) is 0 Å². The molecule has 29 heavy (non-hydrogen) atoms. The van der Waals surface area contributed by atoms with Crippen molar-refractivity contribution < 1.29 is 19.3 Å². The molecule has 4 aromatic rings. The maximum atomic E-state index is 13.1. The first-order valence-corrected chi connectivity index (χ1v) is 9.16. The smallest absolute Gasteiger partial charge is 0.337 e. The van der Waals surface area contributed by atoms with E-state index in [9.17, 15) is 9.59 Å². The molecule has 0 aliphatic rings. The Morgan fingerprint density at radius 2 is 1.55 bits per heavy atom. The summed E-state index contributed by atoms with van der Waals surface area (Å²) in [6.45, 7) is 0. The number of hydrogen-bond acceptors (Lipinski definition) is 3. The molecule has 0 spiro atoms. The second-order valence-electron chi connectivity index (χ2n) is 6.53. The van der Waals surface area contributed by atoms with Crippen molar-refractivity contribution in [3.05, 3.63) is 96.1 Å². The first-order valence-electron chi connectivity index (χ1n) is 9.16. The Morgan fingerprint density at radius 1 is 0.862 bits per heavy atom. The molecule has 1 aromatic heterocycles. The highest BCUT2D eigenvalue weighted by Crippen LogP contribution is 2.23. The summed E-state index contributed by atoms with van der Waals surface area (Å²) < 4.78 is 4.70. The molecule has 4 rings (SSSR count). The number of aromatic nitrogens is 1. The maximum Gasteiger partial charge on any atom is 0.337 e. The SMILES string of the molecule is COC(=O)c1ccc(NC(=O)c2cc(-c3ccccc3)[nH+]c3ccccc23)cc1. The molecule has 3 aromatic carbocycles. The minimum atomic E-state index is -0.417. The minimum Gasteiger partial charge on any atom is -0.465 e. The van der Waals surface area contributed by atoms with Crippen molar-refractivity contribution in [1.29, 1.82) is 0 Å². The lowest BCUT2D eigenvalue weighted by atomic mass is 10.0. The van der Waals surface area contributed by atoms with Gasteiger partial charge in [-0.05, 0) is 42.5 Å². The molecule has 1 amide bonds. The molecule has 0 unspecified atom stereocenters. The van der Waals surface area contributed by atoms with Crippen molar-refractivity contribution in [2.24, 2.45) is 0 Å². The van der Waals surface area contributed by atoms with Gasteiger partial charge in [0, 0.05) is 23.4 Å². The number of pyridine rings is 1. The highest BCUT2D eigenvalue weighted by atomic mass is 16.5. The molecule has 2 N–H and O–H groups in total. The number of rotatable bonds is 4. The van der Waals surface area contributed by atoms with Crippen molar-refractivity contribution in [2.45, 2.75) is 0 Å². The van der Waals surface area contributed by atoms with Gasteiger partial charge in [0.15, 0.2) is 0 Å². The van der Waals surface area contributed by atoms with Crippen LogP contribution in [0.2, 0.25) is 0 Å². The average Bonchev–Trinajstić information content (AvgIpc) is 2.78. The van der Waals surface area contributed by atoms with E-state index in [-0.39, 0.29) is 5.91 Å². The summed E-state index contributed by atoms with van der Waals surface area (Å²) in [5, 5.41) is 3.74. The van der Waals surface area contributed by atoms with Gasteiger partial charge in [0.05, 0.1) is 23.6 Å². The topological polar surface area (TPSA) is 69.5 Å². The monoisotopic (exact) mass is 383 g/mol. The molecule has 0 bridgehead atoms. The van der Waals surface area contributed by atoms with Gasteiger partial charge in [0.2, 0.25) is 11.2 Å². The number of methoxy groups -OCH3 is 1. The molecule has 1 heterocycles. The third-order valence-electron chi connectivity index (χ3n) is 4.67. The van der Waals surface area contributed by atoms with Gasteiger partial charge in [0.1, 0.15) is 0 Å². The molecule has 5 heteroatoms. The van der Waals surface area contributed by atoms with Gasteiger partial charge in [-0.15, -0.1) is 0 Å². The maximum absolute atomic E-state index is 13.1. The van der Waals surface area contributed by atoms with E-state index >= 15 is 0 Å². The number of esters is 1. The van der Waals surface area contributed by atoms with Crippen molar-refractivity contribution in [3.63, 3.8) is 0 Å². The van der Waals surface area contributed by atoms with Crippen LogP contribution in [0, 0.1) is 0 Å². The van der Waals surface area contributed by atoms with E-state index in [1.165, 1.54) is 7.11 Å². The number of anilines is 1. The number of H-pyrrole nitrogens is 1. The van der Waals surface area contributed by atoms with Crippen molar-refractivity contribution in [2.75, 3.05) is 12.4 Å². The highest BCUT2D eigenvalue weighted by molar-refractivity contribution is 6.12. The lowest BCUT2D eigenvalue weighted by Crippen LogP contribution is -2.17. The van der Waals surface area contributed by atoms with Crippen LogP contribution in [0.4, 0.5) is 5.69 Å². The Labute approximate surface area is 168 Å². The van der Waals surface area contributed by atoms with Crippen LogP contribution in [-0.2, 0) is 4.74 Å². The number of para-hydroxylation sites is 1. The molecule has 5 nitrogen and oxygen atoms in total. The van der Waals surface area contributed by atoms with Gasteiger partial charge in [-0.25, -0.2) is 9.78 Å². The summed E-state index contributed by atoms with van der Waals surface area (Å²) in [6, 6.07) is 26.0. The number of hydrogen-bond donors (Lipinski definition) is 1. The number of carbonyl (C=O) groups is 2. The second kappa shape index (κ2) is 7.94. The van der Waals surface area contributed by atoms with Gasteiger partial charge in [-0.1, -0.05) is 30.3 Å². The van der Waals surface area contributed by atoms with Gasteiger partial charge in [-0.2, -0.15) is 0 Å². The van der Waals surface area contributed by atoms with E-state index in [4.69, 9.17) is 4.74 Å². The molecule has 0 aliphatic carbocycles. The van der Waals surface area contributed by atoms with Crippen LogP contribution in [0.1, 0.15) is 20.7 Å². The van der Waals surface area contributed by atoms with Crippen LogP contribution < -0.4 is 10.3 Å². The van der Waals surface area contributed by atoms with E-state index in [1.807, 2.05) is 60.7 Å². The number of carbonyl (C=O) groups excluding carboxylic acids is 2. The van der Waals surface area contributed by atoms with E-state index in [0.29, 0.717) is 16.8 Å².